The molecule has 2 fully saturated rings. The van der Waals surface area contributed by atoms with Crippen molar-refractivity contribution < 1.29 is 13.5 Å². The Morgan fingerprint density at radius 1 is 0.913 bits per heavy atom. The maximum atomic E-state index is 13.4. The van der Waals surface area contributed by atoms with Gasteiger partial charge in [0, 0.05) is 6.07 Å². The van der Waals surface area contributed by atoms with Crippen LogP contribution in [0, 0.1) is 29.4 Å². The van der Waals surface area contributed by atoms with E-state index in [2.05, 4.69) is 6.92 Å². The fraction of sp³-hybridized carbons (Fsp3) is 0.700. The van der Waals surface area contributed by atoms with Crippen molar-refractivity contribution in [1.29, 1.82) is 0 Å². The van der Waals surface area contributed by atoms with Gasteiger partial charge < -0.3 is 4.74 Å². The quantitative estimate of drug-likeness (QED) is 0.656. The normalized spacial score (nSPS) is 32.0. The lowest BCUT2D eigenvalue weighted by Gasteiger charge is -2.38. The van der Waals surface area contributed by atoms with Crippen LogP contribution in [0.3, 0.4) is 0 Å². The first kappa shape index (κ1) is 16.9. The second-order valence-corrected chi connectivity index (χ2v) is 7.43. The molecule has 1 saturated heterocycles. The first-order valence-electron chi connectivity index (χ1n) is 9.23. The van der Waals surface area contributed by atoms with Crippen LogP contribution in [0.5, 0.6) is 0 Å². The number of benzene rings is 1. The largest absolute Gasteiger partial charge is 0.373 e. The van der Waals surface area contributed by atoms with Crippen molar-refractivity contribution >= 4 is 0 Å². The Kier molecular flexibility index (Phi) is 5.68. The molecule has 0 amide bonds. The van der Waals surface area contributed by atoms with Crippen LogP contribution in [0.25, 0.3) is 0 Å². The predicted octanol–water partition coefficient (Wildman–Crippen LogP) is 6.04. The lowest BCUT2D eigenvalue weighted by Crippen LogP contribution is -2.29. The molecule has 1 saturated carbocycles. The standard InChI is InChI=1S/C20H28F2O/c1-2-3-14-4-6-15(7-5-14)16-8-9-20(23-13-16)17-10-18(21)12-19(22)11-17/h10-12,14-16,20H,2-9,13H2,1H3/t14?,15?,16-,20+/m0/s1. The van der Waals surface area contributed by atoms with Crippen LogP contribution in [0.1, 0.15) is 70.0 Å². The van der Waals surface area contributed by atoms with E-state index in [1.165, 1.54) is 50.7 Å². The van der Waals surface area contributed by atoms with E-state index in [0.717, 1.165) is 37.4 Å². The van der Waals surface area contributed by atoms with Gasteiger partial charge >= 0.3 is 0 Å². The number of hydrogen-bond donors (Lipinski definition) is 0. The van der Waals surface area contributed by atoms with Crippen molar-refractivity contribution in [2.24, 2.45) is 17.8 Å². The zero-order chi connectivity index (χ0) is 16.2. The Bertz CT molecular complexity index is 480. The number of hydrogen-bond acceptors (Lipinski definition) is 1. The number of rotatable bonds is 4. The summed E-state index contributed by atoms with van der Waals surface area (Å²) in [5, 5.41) is 0. The van der Waals surface area contributed by atoms with Crippen LogP contribution in [0.4, 0.5) is 8.78 Å². The molecule has 1 nitrogen and oxygen atoms in total. The van der Waals surface area contributed by atoms with Crippen molar-refractivity contribution in [3.63, 3.8) is 0 Å². The highest BCUT2D eigenvalue weighted by Crippen LogP contribution is 2.41. The Morgan fingerprint density at radius 2 is 1.57 bits per heavy atom. The topological polar surface area (TPSA) is 9.23 Å². The van der Waals surface area contributed by atoms with Crippen LogP contribution in [-0.4, -0.2) is 6.61 Å². The van der Waals surface area contributed by atoms with Gasteiger partial charge in [-0.2, -0.15) is 0 Å². The Balaban J connectivity index is 1.51. The Morgan fingerprint density at radius 3 is 2.13 bits per heavy atom. The molecule has 3 rings (SSSR count). The third-order valence-corrected chi connectivity index (χ3v) is 5.82. The van der Waals surface area contributed by atoms with Gasteiger partial charge in [-0.05, 0) is 61.1 Å². The summed E-state index contributed by atoms with van der Waals surface area (Å²) in [5.41, 5.74) is 0.646. The lowest BCUT2D eigenvalue weighted by atomic mass is 9.73. The van der Waals surface area contributed by atoms with E-state index < -0.39 is 11.6 Å². The summed E-state index contributed by atoms with van der Waals surface area (Å²) in [6.45, 7) is 3.02. The van der Waals surface area contributed by atoms with Gasteiger partial charge in [0.15, 0.2) is 0 Å². The summed E-state index contributed by atoms with van der Waals surface area (Å²) in [4.78, 5) is 0. The summed E-state index contributed by atoms with van der Waals surface area (Å²) < 4.78 is 32.7. The van der Waals surface area contributed by atoms with Crippen molar-refractivity contribution in [2.45, 2.75) is 64.4 Å². The molecule has 23 heavy (non-hydrogen) atoms. The van der Waals surface area contributed by atoms with Gasteiger partial charge in [0.1, 0.15) is 11.6 Å². The molecule has 0 N–H and O–H groups in total. The van der Waals surface area contributed by atoms with Gasteiger partial charge in [-0.3, -0.25) is 0 Å². The number of ether oxygens (including phenoxy) is 1. The average molecular weight is 322 g/mol. The molecule has 0 radical (unpaired) electrons. The molecule has 2 atom stereocenters. The second kappa shape index (κ2) is 7.74. The van der Waals surface area contributed by atoms with E-state index in [0.29, 0.717) is 11.5 Å². The van der Waals surface area contributed by atoms with Gasteiger partial charge in [0.2, 0.25) is 0 Å². The summed E-state index contributed by atoms with van der Waals surface area (Å²) in [5.74, 6) is 1.32. The molecular formula is C20H28F2O. The van der Waals surface area contributed by atoms with Crippen LogP contribution in [0.2, 0.25) is 0 Å². The maximum absolute atomic E-state index is 13.4. The predicted molar refractivity (Wildman–Crippen MR) is 88.1 cm³/mol. The van der Waals surface area contributed by atoms with E-state index >= 15 is 0 Å². The van der Waals surface area contributed by atoms with Gasteiger partial charge in [-0.1, -0.05) is 32.6 Å². The maximum Gasteiger partial charge on any atom is 0.126 e. The highest BCUT2D eigenvalue weighted by atomic mass is 19.1. The highest BCUT2D eigenvalue weighted by molar-refractivity contribution is 5.20. The van der Waals surface area contributed by atoms with E-state index in [9.17, 15) is 8.78 Å². The summed E-state index contributed by atoms with van der Waals surface area (Å²) in [6, 6.07) is 3.73. The molecule has 0 unspecified atom stereocenters. The van der Waals surface area contributed by atoms with Crippen molar-refractivity contribution in [3.05, 3.63) is 35.4 Å². The van der Waals surface area contributed by atoms with Gasteiger partial charge in [-0.15, -0.1) is 0 Å². The smallest absolute Gasteiger partial charge is 0.126 e. The molecule has 0 bridgehead atoms. The fourth-order valence-corrected chi connectivity index (χ4v) is 4.52. The monoisotopic (exact) mass is 322 g/mol. The molecule has 128 valence electrons. The van der Waals surface area contributed by atoms with Crippen LogP contribution < -0.4 is 0 Å². The third kappa shape index (κ3) is 4.32. The van der Waals surface area contributed by atoms with Crippen molar-refractivity contribution in [2.75, 3.05) is 6.61 Å². The summed E-state index contributed by atoms with van der Waals surface area (Å²) in [6.07, 6.45) is 9.92. The number of halogens is 2. The first-order valence-corrected chi connectivity index (χ1v) is 9.23. The molecule has 0 spiro atoms. The summed E-state index contributed by atoms with van der Waals surface area (Å²) in [7, 11) is 0. The average Bonchev–Trinajstić information content (AvgIpc) is 2.55. The minimum atomic E-state index is -0.514. The SMILES string of the molecule is CCCC1CCC([C@H]2CC[C@H](c3cc(F)cc(F)c3)OC2)CC1. The van der Waals surface area contributed by atoms with E-state index in [1.54, 1.807) is 0 Å². The minimum Gasteiger partial charge on any atom is -0.373 e. The zero-order valence-electron chi connectivity index (χ0n) is 14.1. The Labute approximate surface area is 138 Å². The van der Waals surface area contributed by atoms with Crippen LogP contribution in [0.15, 0.2) is 18.2 Å². The van der Waals surface area contributed by atoms with E-state index in [1.807, 2.05) is 0 Å². The van der Waals surface area contributed by atoms with Gasteiger partial charge in [-0.25, -0.2) is 8.78 Å². The lowest BCUT2D eigenvalue weighted by molar-refractivity contribution is -0.0407. The van der Waals surface area contributed by atoms with Crippen molar-refractivity contribution in [3.8, 4) is 0 Å². The molecule has 1 aliphatic carbocycles. The second-order valence-electron chi connectivity index (χ2n) is 7.43. The minimum absolute atomic E-state index is 0.145. The molecule has 1 heterocycles. The van der Waals surface area contributed by atoms with Crippen LogP contribution >= 0.6 is 0 Å². The molecule has 0 aromatic heterocycles. The molecule has 3 heteroatoms. The molecular weight excluding hydrogens is 294 g/mol. The zero-order valence-corrected chi connectivity index (χ0v) is 14.1. The van der Waals surface area contributed by atoms with Gasteiger partial charge in [0.25, 0.3) is 0 Å². The molecule has 1 aromatic rings. The van der Waals surface area contributed by atoms with E-state index in [4.69, 9.17) is 4.74 Å². The molecule has 1 aromatic carbocycles. The summed E-state index contributed by atoms with van der Waals surface area (Å²) >= 11 is 0. The van der Waals surface area contributed by atoms with Crippen LogP contribution in [-0.2, 0) is 4.74 Å². The molecule has 1 aliphatic heterocycles. The third-order valence-electron chi connectivity index (χ3n) is 5.82. The first-order chi connectivity index (χ1) is 11.2. The highest BCUT2D eigenvalue weighted by Gasteiger charge is 2.31. The fourth-order valence-electron chi connectivity index (χ4n) is 4.52. The van der Waals surface area contributed by atoms with Crippen molar-refractivity contribution in [1.82, 2.24) is 0 Å². The van der Waals surface area contributed by atoms with E-state index in [-0.39, 0.29) is 6.10 Å². The Hall–Kier alpha value is -0.960. The molecule has 2 aliphatic rings. The van der Waals surface area contributed by atoms with Gasteiger partial charge in [0.05, 0.1) is 12.7 Å².